The Kier molecular flexibility index (Phi) is 5.61. The highest BCUT2D eigenvalue weighted by Crippen LogP contribution is 2.18. The zero-order valence-electron chi connectivity index (χ0n) is 15.2. The Bertz CT molecular complexity index is 965. The van der Waals surface area contributed by atoms with Crippen LogP contribution in [0.3, 0.4) is 0 Å². The first-order valence-corrected chi connectivity index (χ1v) is 8.57. The highest BCUT2D eigenvalue weighted by Gasteiger charge is 2.11. The van der Waals surface area contributed by atoms with Crippen molar-refractivity contribution >= 4 is 23.2 Å². The zero-order valence-corrected chi connectivity index (χ0v) is 15.2. The molecule has 138 valence electrons. The average molecular weight is 364 g/mol. The number of rotatable bonds is 6. The van der Waals surface area contributed by atoms with Gasteiger partial charge < -0.3 is 15.2 Å². The van der Waals surface area contributed by atoms with Crippen LogP contribution in [0.2, 0.25) is 0 Å². The lowest BCUT2D eigenvalue weighted by molar-refractivity contribution is -0.116. The Balaban J connectivity index is 1.56. The molecular weight excluding hydrogens is 344 g/mol. The van der Waals surface area contributed by atoms with Crippen LogP contribution in [0, 0.1) is 6.92 Å². The molecule has 0 saturated heterocycles. The number of benzene rings is 2. The smallest absolute Gasteiger partial charge is 0.227 e. The van der Waals surface area contributed by atoms with Gasteiger partial charge >= 0.3 is 0 Å². The third-order valence-electron chi connectivity index (χ3n) is 3.78. The standard InChI is InChI=1S/C20H20N4O3/c1-13-5-3-6-15(11-13)20-23-19(27-24-20)10-9-18(26)22-17-8-4-7-16(12-17)21-14(2)25/h3-8,11-12H,9-10H2,1-2H3,(H,21,25)(H,22,26). The molecule has 1 aromatic heterocycles. The van der Waals surface area contributed by atoms with E-state index in [1.807, 2.05) is 31.2 Å². The summed E-state index contributed by atoms with van der Waals surface area (Å²) in [6.45, 7) is 3.43. The molecule has 2 amide bonds. The van der Waals surface area contributed by atoms with Gasteiger partial charge in [-0.1, -0.05) is 35.0 Å². The highest BCUT2D eigenvalue weighted by atomic mass is 16.5. The Morgan fingerprint density at radius 2 is 1.78 bits per heavy atom. The van der Waals surface area contributed by atoms with Gasteiger partial charge in [0.25, 0.3) is 0 Å². The molecule has 3 rings (SSSR count). The van der Waals surface area contributed by atoms with Crippen molar-refractivity contribution in [3.05, 3.63) is 60.0 Å². The molecule has 1 heterocycles. The zero-order chi connectivity index (χ0) is 19.2. The van der Waals surface area contributed by atoms with Crippen molar-refractivity contribution in [1.82, 2.24) is 10.1 Å². The van der Waals surface area contributed by atoms with Gasteiger partial charge in [0.15, 0.2) is 0 Å². The number of carbonyl (C=O) groups is 2. The second-order valence-corrected chi connectivity index (χ2v) is 6.19. The number of amides is 2. The van der Waals surface area contributed by atoms with E-state index < -0.39 is 0 Å². The number of anilines is 2. The number of hydrogen-bond acceptors (Lipinski definition) is 5. The van der Waals surface area contributed by atoms with Gasteiger partial charge in [-0.25, -0.2) is 0 Å². The fourth-order valence-electron chi connectivity index (χ4n) is 2.58. The summed E-state index contributed by atoms with van der Waals surface area (Å²) in [6, 6.07) is 14.8. The van der Waals surface area contributed by atoms with Gasteiger partial charge in [-0.05, 0) is 31.2 Å². The maximum atomic E-state index is 12.2. The van der Waals surface area contributed by atoms with Crippen LogP contribution in [0.15, 0.2) is 53.1 Å². The predicted octanol–water partition coefficient (Wildman–Crippen LogP) is 3.57. The largest absolute Gasteiger partial charge is 0.339 e. The third-order valence-corrected chi connectivity index (χ3v) is 3.78. The van der Waals surface area contributed by atoms with Crippen LogP contribution >= 0.6 is 0 Å². The van der Waals surface area contributed by atoms with Crippen LogP contribution in [0.25, 0.3) is 11.4 Å². The average Bonchev–Trinajstić information content (AvgIpc) is 3.09. The molecule has 0 bridgehead atoms. The summed E-state index contributed by atoms with van der Waals surface area (Å²) in [4.78, 5) is 27.6. The molecule has 0 aliphatic rings. The van der Waals surface area contributed by atoms with Gasteiger partial charge in [-0.2, -0.15) is 4.98 Å². The summed E-state index contributed by atoms with van der Waals surface area (Å²) in [6.07, 6.45) is 0.551. The van der Waals surface area contributed by atoms with Crippen molar-refractivity contribution in [1.29, 1.82) is 0 Å². The number of hydrogen-bond donors (Lipinski definition) is 2. The van der Waals surface area contributed by atoms with Gasteiger partial charge in [0, 0.05) is 36.7 Å². The molecule has 0 unspecified atom stereocenters. The molecule has 0 aliphatic carbocycles. The minimum Gasteiger partial charge on any atom is -0.339 e. The predicted molar refractivity (Wildman–Crippen MR) is 102 cm³/mol. The van der Waals surface area contributed by atoms with E-state index in [1.54, 1.807) is 24.3 Å². The molecule has 0 spiro atoms. The number of nitrogens with one attached hydrogen (secondary N) is 2. The maximum absolute atomic E-state index is 12.2. The third kappa shape index (κ3) is 5.24. The summed E-state index contributed by atoms with van der Waals surface area (Å²) < 4.78 is 5.23. The van der Waals surface area contributed by atoms with Crippen LogP contribution in [0.1, 0.15) is 24.8 Å². The summed E-state index contributed by atoms with van der Waals surface area (Å²) in [5.74, 6) is 0.579. The topological polar surface area (TPSA) is 97.1 Å². The molecule has 3 aromatic rings. The first-order valence-electron chi connectivity index (χ1n) is 8.57. The fourth-order valence-corrected chi connectivity index (χ4v) is 2.58. The molecule has 7 nitrogen and oxygen atoms in total. The second-order valence-electron chi connectivity index (χ2n) is 6.19. The molecule has 27 heavy (non-hydrogen) atoms. The van der Waals surface area contributed by atoms with Crippen LogP contribution in [0.4, 0.5) is 11.4 Å². The van der Waals surface area contributed by atoms with E-state index in [4.69, 9.17) is 4.52 Å². The molecule has 7 heteroatoms. The van der Waals surface area contributed by atoms with Crippen molar-refractivity contribution in [2.45, 2.75) is 26.7 Å². The quantitative estimate of drug-likeness (QED) is 0.697. The van der Waals surface area contributed by atoms with Crippen LogP contribution < -0.4 is 10.6 Å². The van der Waals surface area contributed by atoms with Gasteiger partial charge in [0.05, 0.1) is 0 Å². The number of nitrogens with zero attached hydrogens (tertiary/aromatic N) is 2. The Morgan fingerprint density at radius 3 is 2.52 bits per heavy atom. The van der Waals surface area contributed by atoms with Gasteiger partial charge in [-0.15, -0.1) is 0 Å². The molecule has 0 atom stereocenters. The summed E-state index contributed by atoms with van der Waals surface area (Å²) in [5, 5.41) is 9.44. The van der Waals surface area contributed by atoms with E-state index in [0.717, 1.165) is 11.1 Å². The van der Waals surface area contributed by atoms with Crippen LogP contribution in [0.5, 0.6) is 0 Å². The lowest BCUT2D eigenvalue weighted by Crippen LogP contribution is -2.13. The number of aryl methyl sites for hydroxylation is 2. The van der Waals surface area contributed by atoms with Crippen LogP contribution in [-0.4, -0.2) is 22.0 Å². The number of aromatic nitrogens is 2. The van der Waals surface area contributed by atoms with Crippen LogP contribution in [-0.2, 0) is 16.0 Å². The molecule has 0 aliphatic heterocycles. The molecule has 0 fully saturated rings. The van der Waals surface area contributed by atoms with Crippen molar-refractivity contribution in [2.75, 3.05) is 10.6 Å². The van der Waals surface area contributed by atoms with E-state index in [-0.39, 0.29) is 18.2 Å². The molecular formula is C20H20N4O3. The lowest BCUT2D eigenvalue weighted by Gasteiger charge is -2.07. The van der Waals surface area contributed by atoms with Gasteiger partial charge in [0.1, 0.15) is 0 Å². The molecule has 0 saturated carbocycles. The van der Waals surface area contributed by atoms with E-state index in [0.29, 0.717) is 29.5 Å². The minimum atomic E-state index is -0.176. The number of carbonyl (C=O) groups excluding carboxylic acids is 2. The maximum Gasteiger partial charge on any atom is 0.227 e. The molecule has 2 aromatic carbocycles. The summed E-state index contributed by atoms with van der Waals surface area (Å²) >= 11 is 0. The monoisotopic (exact) mass is 364 g/mol. The summed E-state index contributed by atoms with van der Waals surface area (Å²) in [5.41, 5.74) is 3.22. The van der Waals surface area contributed by atoms with E-state index in [1.165, 1.54) is 6.92 Å². The van der Waals surface area contributed by atoms with Crippen molar-refractivity contribution in [2.24, 2.45) is 0 Å². The molecule has 2 N–H and O–H groups in total. The molecule has 0 radical (unpaired) electrons. The fraction of sp³-hybridized carbons (Fsp3) is 0.200. The second kappa shape index (κ2) is 8.27. The van der Waals surface area contributed by atoms with Crippen molar-refractivity contribution in [3.63, 3.8) is 0 Å². The van der Waals surface area contributed by atoms with E-state index in [2.05, 4.69) is 20.8 Å². The Hall–Kier alpha value is -3.48. The summed E-state index contributed by atoms with van der Waals surface area (Å²) in [7, 11) is 0. The Labute approximate surface area is 156 Å². The SMILES string of the molecule is CC(=O)Nc1cccc(NC(=O)CCc2nc(-c3cccc(C)c3)no2)c1. The first-order chi connectivity index (χ1) is 13.0. The highest BCUT2D eigenvalue weighted by molar-refractivity contribution is 5.93. The van der Waals surface area contributed by atoms with Gasteiger partial charge in [-0.3, -0.25) is 9.59 Å². The van der Waals surface area contributed by atoms with Crippen molar-refractivity contribution < 1.29 is 14.1 Å². The van der Waals surface area contributed by atoms with E-state index >= 15 is 0 Å². The Morgan fingerprint density at radius 1 is 1.04 bits per heavy atom. The lowest BCUT2D eigenvalue weighted by atomic mass is 10.1. The first kappa shape index (κ1) is 18.3. The normalized spacial score (nSPS) is 10.4. The van der Waals surface area contributed by atoms with Gasteiger partial charge in [0.2, 0.25) is 23.5 Å². The van der Waals surface area contributed by atoms with E-state index in [9.17, 15) is 9.59 Å². The van der Waals surface area contributed by atoms with Crippen molar-refractivity contribution in [3.8, 4) is 11.4 Å². The minimum absolute atomic E-state index is 0.167.